The summed E-state index contributed by atoms with van der Waals surface area (Å²) in [6.45, 7) is 6.89. The molecule has 0 fully saturated rings. The fourth-order valence-electron chi connectivity index (χ4n) is 6.11. The van der Waals surface area contributed by atoms with Gasteiger partial charge in [-0.05, 0) is 60.0 Å². The molecule has 208 valence electrons. The molecule has 0 bridgehead atoms. The van der Waals surface area contributed by atoms with Crippen molar-refractivity contribution in [1.82, 2.24) is 4.90 Å². The van der Waals surface area contributed by atoms with Gasteiger partial charge in [-0.25, -0.2) is 0 Å². The second-order valence-electron chi connectivity index (χ2n) is 11.4. The molecule has 6 rings (SSSR count). The highest BCUT2D eigenvalue weighted by Gasteiger charge is 2.37. The van der Waals surface area contributed by atoms with Crippen LogP contribution in [0.4, 0.5) is 0 Å². The van der Waals surface area contributed by atoms with E-state index in [1.165, 1.54) is 16.7 Å². The highest BCUT2D eigenvalue weighted by atomic mass is 16.5. The van der Waals surface area contributed by atoms with Gasteiger partial charge in [-0.3, -0.25) is 4.90 Å². The van der Waals surface area contributed by atoms with E-state index in [-0.39, 0.29) is 5.54 Å². The lowest BCUT2D eigenvalue weighted by atomic mass is 9.79. The Kier molecular flexibility index (Phi) is 7.42. The largest absolute Gasteiger partial charge is 0.496 e. The fraction of sp³-hybridized carbons (Fsp3) is 0.243. The van der Waals surface area contributed by atoms with Gasteiger partial charge in [0, 0.05) is 41.2 Å². The first-order valence-corrected chi connectivity index (χ1v) is 14.2. The molecule has 0 saturated carbocycles. The highest BCUT2D eigenvalue weighted by molar-refractivity contribution is 6.02. The molecular weight excluding hydrogens is 506 g/mol. The van der Waals surface area contributed by atoms with E-state index >= 15 is 0 Å². The molecule has 1 aliphatic heterocycles. The Balaban J connectivity index is 1.46. The molecular formula is C37H37NO3. The summed E-state index contributed by atoms with van der Waals surface area (Å²) in [7, 11) is 3.50. The third-order valence-corrected chi connectivity index (χ3v) is 8.33. The van der Waals surface area contributed by atoms with Gasteiger partial charge in [0.05, 0.1) is 14.2 Å². The zero-order valence-corrected chi connectivity index (χ0v) is 24.3. The third kappa shape index (κ3) is 5.28. The maximum atomic E-state index is 6.35. The summed E-state index contributed by atoms with van der Waals surface area (Å²) in [5.74, 6) is 2.58. The van der Waals surface area contributed by atoms with Crippen molar-refractivity contribution in [2.75, 3.05) is 14.2 Å². The van der Waals surface area contributed by atoms with E-state index in [0.717, 1.165) is 64.2 Å². The zero-order valence-electron chi connectivity index (χ0n) is 24.3. The van der Waals surface area contributed by atoms with Gasteiger partial charge < -0.3 is 14.2 Å². The summed E-state index contributed by atoms with van der Waals surface area (Å²) in [4.78, 5) is 2.56. The molecule has 4 nitrogen and oxygen atoms in total. The molecule has 0 aliphatic carbocycles. The number of rotatable bonds is 8. The second kappa shape index (κ2) is 11.3. The number of hydrogen-bond acceptors (Lipinski definition) is 4. The van der Waals surface area contributed by atoms with Gasteiger partial charge in [0.15, 0.2) is 0 Å². The summed E-state index contributed by atoms with van der Waals surface area (Å²) in [5, 5.41) is 2.24. The van der Waals surface area contributed by atoms with Gasteiger partial charge in [-0.15, -0.1) is 0 Å². The van der Waals surface area contributed by atoms with Crippen LogP contribution in [0.25, 0.3) is 21.9 Å². The standard InChI is InChI=1S/C37H37NO3/c1-37(2)22-31-32(24-38(37)23-26-13-7-5-8-14-26)34(39-3)21-35(40-4)36(31)30-19-20-33(29-18-12-11-17-28(29)30)41-25-27-15-9-6-10-16-27/h5-21H,22-25H2,1-4H3. The molecule has 0 amide bonds. The molecule has 5 aromatic carbocycles. The highest BCUT2D eigenvalue weighted by Crippen LogP contribution is 2.48. The predicted octanol–water partition coefficient (Wildman–Crippen LogP) is 8.44. The fourth-order valence-corrected chi connectivity index (χ4v) is 6.11. The quantitative estimate of drug-likeness (QED) is 0.196. The van der Waals surface area contributed by atoms with E-state index in [2.05, 4.69) is 104 Å². The van der Waals surface area contributed by atoms with Crippen molar-refractivity contribution in [1.29, 1.82) is 0 Å². The molecule has 5 aromatic rings. The first kappa shape index (κ1) is 26.9. The van der Waals surface area contributed by atoms with Crippen LogP contribution in [0.3, 0.4) is 0 Å². The predicted molar refractivity (Wildman–Crippen MR) is 167 cm³/mol. The Morgan fingerprint density at radius 3 is 1.98 bits per heavy atom. The second-order valence-corrected chi connectivity index (χ2v) is 11.4. The molecule has 41 heavy (non-hydrogen) atoms. The molecule has 0 spiro atoms. The number of nitrogens with zero attached hydrogens (tertiary/aromatic N) is 1. The van der Waals surface area contributed by atoms with Crippen LogP contribution < -0.4 is 14.2 Å². The van der Waals surface area contributed by atoms with Crippen molar-refractivity contribution in [2.45, 2.75) is 45.5 Å². The molecule has 1 heterocycles. The number of benzene rings is 5. The molecule has 0 radical (unpaired) electrons. The minimum Gasteiger partial charge on any atom is -0.496 e. The van der Waals surface area contributed by atoms with Crippen LogP contribution in [-0.4, -0.2) is 24.7 Å². The first-order valence-electron chi connectivity index (χ1n) is 14.2. The van der Waals surface area contributed by atoms with Crippen LogP contribution >= 0.6 is 0 Å². The first-order chi connectivity index (χ1) is 20.0. The Morgan fingerprint density at radius 2 is 1.29 bits per heavy atom. The van der Waals surface area contributed by atoms with Gasteiger partial charge in [0.2, 0.25) is 0 Å². The SMILES string of the molecule is COc1cc(OC)c(-c2ccc(OCc3ccccc3)c3ccccc23)c2c1CN(Cc1ccccc1)C(C)(C)C2. The van der Waals surface area contributed by atoms with Crippen LogP contribution in [0.1, 0.15) is 36.1 Å². The molecule has 0 N–H and O–H groups in total. The number of methoxy groups -OCH3 is 2. The van der Waals surface area contributed by atoms with Crippen molar-refractivity contribution < 1.29 is 14.2 Å². The smallest absolute Gasteiger partial charge is 0.130 e. The molecule has 0 unspecified atom stereocenters. The summed E-state index contributed by atoms with van der Waals surface area (Å²) in [6.07, 6.45) is 0.874. The third-order valence-electron chi connectivity index (χ3n) is 8.33. The van der Waals surface area contributed by atoms with Crippen molar-refractivity contribution in [2.24, 2.45) is 0 Å². The lowest BCUT2D eigenvalue weighted by Crippen LogP contribution is -2.48. The maximum Gasteiger partial charge on any atom is 0.130 e. The van der Waals surface area contributed by atoms with Gasteiger partial charge in [-0.2, -0.15) is 0 Å². The molecule has 0 aromatic heterocycles. The normalized spacial score (nSPS) is 14.4. The zero-order chi connectivity index (χ0) is 28.4. The van der Waals surface area contributed by atoms with Gasteiger partial charge >= 0.3 is 0 Å². The van der Waals surface area contributed by atoms with Crippen LogP contribution in [-0.2, 0) is 26.1 Å². The molecule has 0 saturated heterocycles. The van der Waals surface area contributed by atoms with Crippen LogP contribution in [0, 0.1) is 0 Å². The number of fused-ring (bicyclic) bond motifs is 2. The van der Waals surface area contributed by atoms with E-state index in [0.29, 0.717) is 6.61 Å². The van der Waals surface area contributed by atoms with Crippen molar-refractivity contribution in [3.05, 3.63) is 125 Å². The summed E-state index contributed by atoms with van der Waals surface area (Å²) in [6, 6.07) is 35.9. The minimum absolute atomic E-state index is 0.0660. The van der Waals surface area contributed by atoms with E-state index in [4.69, 9.17) is 14.2 Å². The topological polar surface area (TPSA) is 30.9 Å². The van der Waals surface area contributed by atoms with E-state index in [1.54, 1.807) is 14.2 Å². The average molecular weight is 544 g/mol. The van der Waals surface area contributed by atoms with Crippen molar-refractivity contribution in [3.63, 3.8) is 0 Å². The van der Waals surface area contributed by atoms with Crippen molar-refractivity contribution in [3.8, 4) is 28.4 Å². The molecule has 1 aliphatic rings. The summed E-state index contributed by atoms with van der Waals surface area (Å²) >= 11 is 0. The van der Waals surface area contributed by atoms with Crippen LogP contribution in [0.2, 0.25) is 0 Å². The van der Waals surface area contributed by atoms with E-state index in [9.17, 15) is 0 Å². The molecule has 4 heteroatoms. The Morgan fingerprint density at radius 1 is 0.659 bits per heavy atom. The maximum absolute atomic E-state index is 6.35. The van der Waals surface area contributed by atoms with Gasteiger partial charge in [0.25, 0.3) is 0 Å². The van der Waals surface area contributed by atoms with Crippen LogP contribution in [0.5, 0.6) is 17.2 Å². The number of ether oxygens (including phenoxy) is 3. The minimum atomic E-state index is -0.0660. The Labute approximate surface area is 243 Å². The number of hydrogen-bond donors (Lipinski definition) is 0. The van der Waals surface area contributed by atoms with Crippen LogP contribution in [0.15, 0.2) is 103 Å². The van der Waals surface area contributed by atoms with E-state index in [1.807, 2.05) is 18.2 Å². The monoisotopic (exact) mass is 543 g/mol. The van der Waals surface area contributed by atoms with Gasteiger partial charge in [-0.1, -0.05) is 84.9 Å². The summed E-state index contributed by atoms with van der Waals surface area (Å²) in [5.41, 5.74) is 7.20. The lowest BCUT2D eigenvalue weighted by molar-refractivity contribution is 0.0876. The van der Waals surface area contributed by atoms with Gasteiger partial charge in [0.1, 0.15) is 23.9 Å². The Hall–Kier alpha value is -4.28. The lowest BCUT2D eigenvalue weighted by Gasteiger charge is -2.44. The van der Waals surface area contributed by atoms with Crippen molar-refractivity contribution >= 4 is 10.8 Å². The molecule has 0 atom stereocenters. The summed E-state index contributed by atoms with van der Waals surface area (Å²) < 4.78 is 18.4. The average Bonchev–Trinajstić information content (AvgIpc) is 3.00. The Bertz CT molecular complexity index is 1660. The van der Waals surface area contributed by atoms with E-state index < -0.39 is 0 Å².